The lowest BCUT2D eigenvalue weighted by Crippen LogP contribution is -2.44. The minimum Gasteiger partial charge on any atom is -0.338 e. The maximum atomic E-state index is 5.54. The Labute approximate surface area is 101 Å². The molecule has 4 nitrogen and oxygen atoms in total. The quantitative estimate of drug-likeness (QED) is 0.849. The summed E-state index contributed by atoms with van der Waals surface area (Å²) < 4.78 is 5.18. The summed E-state index contributed by atoms with van der Waals surface area (Å²) in [5.41, 5.74) is 5.54. The van der Waals surface area contributed by atoms with Crippen LogP contribution >= 0.6 is 0 Å². The van der Waals surface area contributed by atoms with Gasteiger partial charge in [-0.05, 0) is 55.8 Å². The zero-order valence-corrected chi connectivity index (χ0v) is 10.0. The largest absolute Gasteiger partial charge is 0.338 e. The third kappa shape index (κ3) is 1.46. The van der Waals surface area contributed by atoms with Gasteiger partial charge in [0.2, 0.25) is 5.89 Å². The van der Waals surface area contributed by atoms with Gasteiger partial charge in [0, 0.05) is 5.92 Å². The van der Waals surface area contributed by atoms with Gasteiger partial charge in [-0.15, -0.1) is 0 Å². The van der Waals surface area contributed by atoms with E-state index in [1.54, 1.807) is 0 Å². The zero-order valence-electron chi connectivity index (χ0n) is 10.0. The fourth-order valence-corrected chi connectivity index (χ4v) is 4.83. The summed E-state index contributed by atoms with van der Waals surface area (Å²) in [5.74, 6) is 5.72. The summed E-state index contributed by atoms with van der Waals surface area (Å²) in [4.78, 5) is 4.47. The molecule has 5 rings (SSSR count). The Balaban J connectivity index is 1.65. The van der Waals surface area contributed by atoms with Crippen LogP contribution < -0.4 is 5.73 Å². The standard InChI is InChI=1S/C13H19N3O/c14-6-11-15-13(16-17-11)12-9-2-7-1-8(4-9)5-10(12)3-7/h7-10,12H,1-6,14H2. The van der Waals surface area contributed by atoms with Gasteiger partial charge in [-0.2, -0.15) is 4.98 Å². The van der Waals surface area contributed by atoms with Crippen LogP contribution in [0.4, 0.5) is 0 Å². The van der Waals surface area contributed by atoms with E-state index in [1.165, 1.54) is 32.1 Å². The fraction of sp³-hybridized carbons (Fsp3) is 0.846. The maximum Gasteiger partial charge on any atom is 0.240 e. The highest BCUT2D eigenvalue weighted by molar-refractivity contribution is 5.10. The summed E-state index contributed by atoms with van der Waals surface area (Å²) in [5, 5.41) is 4.17. The van der Waals surface area contributed by atoms with E-state index in [1.807, 2.05) is 0 Å². The van der Waals surface area contributed by atoms with Gasteiger partial charge in [-0.1, -0.05) is 5.16 Å². The number of rotatable bonds is 2. The number of hydrogen-bond donors (Lipinski definition) is 1. The van der Waals surface area contributed by atoms with Crippen LogP contribution in [-0.2, 0) is 6.54 Å². The highest BCUT2D eigenvalue weighted by Crippen LogP contribution is 2.59. The van der Waals surface area contributed by atoms with Crippen LogP contribution in [0.5, 0.6) is 0 Å². The van der Waals surface area contributed by atoms with Crippen LogP contribution in [0.25, 0.3) is 0 Å². The first kappa shape index (κ1) is 10.1. The molecule has 1 heterocycles. The van der Waals surface area contributed by atoms with E-state index in [-0.39, 0.29) is 0 Å². The average Bonchev–Trinajstić information content (AvgIpc) is 2.76. The molecule has 0 saturated heterocycles. The molecule has 0 aliphatic heterocycles. The zero-order chi connectivity index (χ0) is 11.4. The third-order valence-corrected chi connectivity index (χ3v) is 5.18. The van der Waals surface area contributed by atoms with Crippen molar-refractivity contribution in [3.05, 3.63) is 11.7 Å². The Morgan fingerprint density at radius 1 is 1.06 bits per heavy atom. The second-order valence-electron chi connectivity index (χ2n) is 6.21. The van der Waals surface area contributed by atoms with E-state index in [0.29, 0.717) is 18.4 Å². The summed E-state index contributed by atoms with van der Waals surface area (Å²) in [6, 6.07) is 0. The molecule has 4 fully saturated rings. The maximum absolute atomic E-state index is 5.54. The highest BCUT2D eigenvalue weighted by atomic mass is 16.5. The molecule has 0 atom stereocenters. The van der Waals surface area contributed by atoms with Crippen molar-refractivity contribution in [1.29, 1.82) is 0 Å². The van der Waals surface area contributed by atoms with Crippen molar-refractivity contribution < 1.29 is 4.52 Å². The first-order valence-electron chi connectivity index (χ1n) is 6.86. The Hall–Kier alpha value is -0.900. The van der Waals surface area contributed by atoms with E-state index in [9.17, 15) is 0 Å². The molecule has 4 aliphatic carbocycles. The van der Waals surface area contributed by atoms with Crippen molar-refractivity contribution >= 4 is 0 Å². The summed E-state index contributed by atoms with van der Waals surface area (Å²) in [6.45, 7) is 0.361. The number of nitrogens with two attached hydrogens (primary N) is 1. The van der Waals surface area contributed by atoms with Gasteiger partial charge in [-0.3, -0.25) is 0 Å². The molecular weight excluding hydrogens is 214 g/mol. The molecule has 0 spiro atoms. The molecular formula is C13H19N3O. The lowest BCUT2D eigenvalue weighted by Gasteiger charge is -2.53. The Kier molecular flexibility index (Phi) is 2.10. The molecule has 4 saturated carbocycles. The van der Waals surface area contributed by atoms with E-state index < -0.39 is 0 Å². The molecule has 17 heavy (non-hydrogen) atoms. The molecule has 4 bridgehead atoms. The van der Waals surface area contributed by atoms with Crippen LogP contribution in [0, 0.1) is 23.7 Å². The van der Waals surface area contributed by atoms with E-state index in [2.05, 4.69) is 10.1 Å². The number of nitrogens with zero attached hydrogens (tertiary/aromatic N) is 2. The second-order valence-corrected chi connectivity index (χ2v) is 6.21. The second kappa shape index (κ2) is 3.55. The Morgan fingerprint density at radius 2 is 1.71 bits per heavy atom. The molecule has 0 unspecified atom stereocenters. The van der Waals surface area contributed by atoms with Gasteiger partial charge in [0.15, 0.2) is 5.82 Å². The smallest absolute Gasteiger partial charge is 0.240 e. The first-order chi connectivity index (χ1) is 8.33. The predicted octanol–water partition coefficient (Wildman–Crippen LogP) is 2.07. The van der Waals surface area contributed by atoms with Gasteiger partial charge in [-0.25, -0.2) is 0 Å². The fourth-order valence-electron chi connectivity index (χ4n) is 4.83. The van der Waals surface area contributed by atoms with E-state index in [0.717, 1.165) is 29.5 Å². The normalized spacial score (nSPS) is 43.2. The molecule has 0 aromatic carbocycles. The summed E-state index contributed by atoms with van der Waals surface area (Å²) in [6.07, 6.45) is 7.06. The van der Waals surface area contributed by atoms with Gasteiger partial charge in [0.25, 0.3) is 0 Å². The van der Waals surface area contributed by atoms with Crippen molar-refractivity contribution in [2.24, 2.45) is 29.4 Å². The molecule has 2 N–H and O–H groups in total. The topological polar surface area (TPSA) is 64.9 Å². The molecule has 4 heteroatoms. The van der Waals surface area contributed by atoms with Gasteiger partial charge in [0.1, 0.15) is 0 Å². The van der Waals surface area contributed by atoms with Crippen molar-refractivity contribution in [1.82, 2.24) is 10.1 Å². The molecule has 4 aliphatic rings. The van der Waals surface area contributed by atoms with Crippen molar-refractivity contribution in [2.45, 2.75) is 44.6 Å². The lowest BCUT2D eigenvalue weighted by molar-refractivity contribution is -0.00629. The number of aromatic nitrogens is 2. The molecule has 0 radical (unpaired) electrons. The van der Waals surface area contributed by atoms with Crippen LogP contribution in [0.3, 0.4) is 0 Å². The Bertz CT molecular complexity index is 400. The lowest BCUT2D eigenvalue weighted by atomic mass is 9.52. The molecule has 1 aromatic heterocycles. The summed E-state index contributed by atoms with van der Waals surface area (Å²) >= 11 is 0. The van der Waals surface area contributed by atoms with Crippen molar-refractivity contribution in [3.63, 3.8) is 0 Å². The SMILES string of the molecule is NCc1nc(C2C3CC4CC(C3)CC2C4)no1. The Morgan fingerprint density at radius 3 is 2.24 bits per heavy atom. The molecule has 92 valence electrons. The van der Waals surface area contributed by atoms with Crippen LogP contribution in [0.15, 0.2) is 4.52 Å². The molecule has 1 aromatic rings. The van der Waals surface area contributed by atoms with E-state index in [4.69, 9.17) is 10.3 Å². The van der Waals surface area contributed by atoms with Crippen LogP contribution in [0.1, 0.15) is 49.7 Å². The van der Waals surface area contributed by atoms with Crippen molar-refractivity contribution in [2.75, 3.05) is 0 Å². The monoisotopic (exact) mass is 233 g/mol. The van der Waals surface area contributed by atoms with Gasteiger partial charge < -0.3 is 10.3 Å². The predicted molar refractivity (Wildman–Crippen MR) is 62.0 cm³/mol. The summed E-state index contributed by atoms with van der Waals surface area (Å²) in [7, 11) is 0. The number of hydrogen-bond acceptors (Lipinski definition) is 4. The first-order valence-corrected chi connectivity index (χ1v) is 6.86. The van der Waals surface area contributed by atoms with Crippen LogP contribution in [-0.4, -0.2) is 10.1 Å². The third-order valence-electron chi connectivity index (χ3n) is 5.18. The minimum atomic E-state index is 0.361. The highest BCUT2D eigenvalue weighted by Gasteiger charge is 2.50. The van der Waals surface area contributed by atoms with Crippen molar-refractivity contribution in [3.8, 4) is 0 Å². The average molecular weight is 233 g/mol. The van der Waals surface area contributed by atoms with Gasteiger partial charge >= 0.3 is 0 Å². The van der Waals surface area contributed by atoms with E-state index >= 15 is 0 Å². The van der Waals surface area contributed by atoms with Crippen LogP contribution in [0.2, 0.25) is 0 Å². The van der Waals surface area contributed by atoms with Gasteiger partial charge in [0.05, 0.1) is 6.54 Å². The minimum absolute atomic E-state index is 0.361. The molecule has 0 amide bonds.